The van der Waals surface area contributed by atoms with Crippen molar-refractivity contribution >= 4 is 17.3 Å². The van der Waals surface area contributed by atoms with E-state index in [1.807, 2.05) is 14.1 Å². The van der Waals surface area contributed by atoms with Crippen LogP contribution in [-0.2, 0) is 0 Å². The van der Waals surface area contributed by atoms with Crippen LogP contribution >= 0.6 is 0 Å². The van der Waals surface area contributed by atoms with E-state index < -0.39 is 5.97 Å². The highest BCUT2D eigenvalue weighted by atomic mass is 16.4. The van der Waals surface area contributed by atoms with Crippen LogP contribution in [0.5, 0.6) is 0 Å². The third kappa shape index (κ3) is 5.09. The molecule has 0 radical (unpaired) electrons. The number of anilines is 2. The molecule has 0 spiro atoms. The molecule has 1 rings (SSSR count). The third-order valence-corrected chi connectivity index (χ3v) is 3.00. The van der Waals surface area contributed by atoms with Crippen LogP contribution in [0.2, 0.25) is 0 Å². The first-order valence-corrected chi connectivity index (χ1v) is 6.83. The maximum absolute atomic E-state index is 11.0. The Morgan fingerprint density at radius 2 is 2.05 bits per heavy atom. The highest BCUT2D eigenvalue weighted by Crippen LogP contribution is 2.22. The number of benzene rings is 1. The Kier molecular flexibility index (Phi) is 5.82. The summed E-state index contributed by atoms with van der Waals surface area (Å²) < 4.78 is 0. The zero-order chi connectivity index (χ0) is 15.3. The number of carboxylic acids is 1. The van der Waals surface area contributed by atoms with Crippen LogP contribution in [0.1, 0.15) is 30.6 Å². The second-order valence-electron chi connectivity index (χ2n) is 5.84. The van der Waals surface area contributed by atoms with E-state index in [0.29, 0.717) is 17.3 Å². The highest BCUT2D eigenvalue weighted by Gasteiger charge is 2.14. The van der Waals surface area contributed by atoms with Crippen molar-refractivity contribution in [2.24, 2.45) is 5.92 Å². The number of nitrogen functional groups attached to an aromatic ring is 1. The van der Waals surface area contributed by atoms with Crippen molar-refractivity contribution in [2.45, 2.75) is 26.3 Å². The quantitative estimate of drug-likeness (QED) is 0.668. The minimum absolute atomic E-state index is 0.233. The van der Waals surface area contributed by atoms with Gasteiger partial charge in [-0.25, -0.2) is 4.79 Å². The Morgan fingerprint density at radius 1 is 1.40 bits per heavy atom. The molecule has 0 aliphatic carbocycles. The molecule has 112 valence electrons. The molecule has 0 aliphatic rings. The standard InChI is InChI=1S/C15H25N3O2/c1-10(2)7-12(9-18(3)4)17-14-8-11(15(19)20)5-6-13(14)16/h5-6,8,10,12,17H,7,9,16H2,1-4H3,(H,19,20). The summed E-state index contributed by atoms with van der Waals surface area (Å²) in [4.78, 5) is 13.1. The van der Waals surface area contributed by atoms with Gasteiger partial charge >= 0.3 is 5.97 Å². The van der Waals surface area contributed by atoms with Gasteiger partial charge in [-0.05, 0) is 44.6 Å². The van der Waals surface area contributed by atoms with Crippen molar-refractivity contribution in [3.05, 3.63) is 23.8 Å². The molecule has 1 atom stereocenters. The number of nitrogens with one attached hydrogen (secondary N) is 1. The molecule has 0 bridgehead atoms. The largest absolute Gasteiger partial charge is 0.478 e. The summed E-state index contributed by atoms with van der Waals surface area (Å²) in [7, 11) is 4.04. The maximum atomic E-state index is 11.0. The number of carbonyl (C=O) groups is 1. The van der Waals surface area contributed by atoms with E-state index >= 15 is 0 Å². The summed E-state index contributed by atoms with van der Waals surface area (Å²) in [5.41, 5.74) is 7.44. The molecule has 0 saturated heterocycles. The number of rotatable bonds is 7. The molecule has 5 nitrogen and oxygen atoms in total. The number of likely N-dealkylation sites (N-methyl/N-ethyl adjacent to an activating group) is 1. The first-order chi connectivity index (χ1) is 9.29. The van der Waals surface area contributed by atoms with Crippen LogP contribution in [0.15, 0.2) is 18.2 Å². The van der Waals surface area contributed by atoms with Crippen molar-refractivity contribution in [3.8, 4) is 0 Å². The van der Waals surface area contributed by atoms with Crippen LogP contribution in [0.4, 0.5) is 11.4 Å². The number of nitrogens with two attached hydrogens (primary N) is 1. The van der Waals surface area contributed by atoms with Gasteiger partial charge in [0, 0.05) is 12.6 Å². The fourth-order valence-electron chi connectivity index (χ4n) is 2.22. The summed E-state index contributed by atoms with van der Waals surface area (Å²) in [5.74, 6) is -0.391. The SMILES string of the molecule is CC(C)CC(CN(C)C)Nc1cc(C(=O)O)ccc1N. The molecular weight excluding hydrogens is 254 g/mol. The summed E-state index contributed by atoms with van der Waals surface area (Å²) in [6.45, 7) is 5.21. The summed E-state index contributed by atoms with van der Waals surface area (Å²) in [5, 5.41) is 12.4. The van der Waals surface area contributed by atoms with Gasteiger partial charge in [-0.15, -0.1) is 0 Å². The molecule has 0 heterocycles. The Labute approximate surface area is 120 Å². The van der Waals surface area contributed by atoms with Gasteiger partial charge < -0.3 is 21.1 Å². The minimum Gasteiger partial charge on any atom is -0.478 e. The van der Waals surface area contributed by atoms with Gasteiger partial charge in [0.15, 0.2) is 0 Å². The average Bonchev–Trinajstić information content (AvgIpc) is 2.29. The highest BCUT2D eigenvalue weighted by molar-refractivity contribution is 5.90. The lowest BCUT2D eigenvalue weighted by Crippen LogP contribution is -2.33. The van der Waals surface area contributed by atoms with E-state index in [9.17, 15) is 4.79 Å². The number of hydrogen-bond donors (Lipinski definition) is 3. The fourth-order valence-corrected chi connectivity index (χ4v) is 2.22. The van der Waals surface area contributed by atoms with Gasteiger partial charge in [0.1, 0.15) is 0 Å². The van der Waals surface area contributed by atoms with E-state index in [0.717, 1.165) is 13.0 Å². The lowest BCUT2D eigenvalue weighted by molar-refractivity contribution is 0.0697. The van der Waals surface area contributed by atoms with E-state index in [1.165, 1.54) is 6.07 Å². The lowest BCUT2D eigenvalue weighted by atomic mass is 10.0. The zero-order valence-corrected chi connectivity index (χ0v) is 12.7. The third-order valence-electron chi connectivity index (χ3n) is 3.00. The van der Waals surface area contributed by atoms with E-state index in [-0.39, 0.29) is 11.6 Å². The first kappa shape index (κ1) is 16.3. The summed E-state index contributed by atoms with van der Waals surface area (Å²) >= 11 is 0. The summed E-state index contributed by atoms with van der Waals surface area (Å²) in [6.07, 6.45) is 0.995. The number of carboxylic acid groups (broad SMARTS) is 1. The molecule has 0 fully saturated rings. The van der Waals surface area contributed by atoms with Crippen LogP contribution in [0.25, 0.3) is 0 Å². The number of hydrogen-bond acceptors (Lipinski definition) is 4. The number of aromatic carboxylic acids is 1. The average molecular weight is 279 g/mol. The molecule has 0 amide bonds. The van der Waals surface area contributed by atoms with Crippen molar-refractivity contribution < 1.29 is 9.90 Å². The topological polar surface area (TPSA) is 78.6 Å². The van der Waals surface area contributed by atoms with Gasteiger partial charge in [0.2, 0.25) is 0 Å². The van der Waals surface area contributed by atoms with Crippen molar-refractivity contribution in [1.82, 2.24) is 4.90 Å². The molecule has 1 aromatic carbocycles. The molecule has 20 heavy (non-hydrogen) atoms. The van der Waals surface area contributed by atoms with Gasteiger partial charge in [0.05, 0.1) is 16.9 Å². The Bertz CT molecular complexity index is 448. The van der Waals surface area contributed by atoms with Gasteiger partial charge in [-0.2, -0.15) is 0 Å². The van der Waals surface area contributed by atoms with Gasteiger partial charge in [-0.1, -0.05) is 13.8 Å². The molecule has 1 aromatic rings. The van der Waals surface area contributed by atoms with Crippen LogP contribution in [0.3, 0.4) is 0 Å². The van der Waals surface area contributed by atoms with Gasteiger partial charge in [-0.3, -0.25) is 0 Å². The van der Waals surface area contributed by atoms with Crippen LogP contribution in [-0.4, -0.2) is 42.7 Å². The van der Waals surface area contributed by atoms with E-state index in [2.05, 4.69) is 24.1 Å². The monoisotopic (exact) mass is 279 g/mol. The predicted molar refractivity (Wildman–Crippen MR) is 83.2 cm³/mol. The molecule has 1 unspecified atom stereocenters. The Balaban J connectivity index is 2.91. The van der Waals surface area contributed by atoms with Crippen LogP contribution < -0.4 is 11.1 Å². The fraction of sp³-hybridized carbons (Fsp3) is 0.533. The molecular formula is C15H25N3O2. The van der Waals surface area contributed by atoms with Crippen molar-refractivity contribution in [3.63, 3.8) is 0 Å². The molecule has 0 aliphatic heterocycles. The van der Waals surface area contributed by atoms with Gasteiger partial charge in [0.25, 0.3) is 0 Å². The van der Waals surface area contributed by atoms with Crippen LogP contribution in [0, 0.1) is 5.92 Å². The first-order valence-electron chi connectivity index (χ1n) is 6.83. The number of nitrogens with zero attached hydrogens (tertiary/aromatic N) is 1. The summed E-state index contributed by atoms with van der Waals surface area (Å²) in [6, 6.07) is 4.98. The second-order valence-corrected chi connectivity index (χ2v) is 5.84. The van der Waals surface area contributed by atoms with Crippen molar-refractivity contribution in [1.29, 1.82) is 0 Å². The van der Waals surface area contributed by atoms with E-state index in [4.69, 9.17) is 10.8 Å². The second kappa shape index (κ2) is 7.14. The Morgan fingerprint density at radius 3 is 2.55 bits per heavy atom. The maximum Gasteiger partial charge on any atom is 0.335 e. The smallest absolute Gasteiger partial charge is 0.335 e. The predicted octanol–water partition coefficient (Wildman–Crippen LogP) is 2.36. The molecule has 4 N–H and O–H groups in total. The lowest BCUT2D eigenvalue weighted by Gasteiger charge is -2.25. The van der Waals surface area contributed by atoms with Crippen molar-refractivity contribution in [2.75, 3.05) is 31.7 Å². The Hall–Kier alpha value is -1.75. The normalized spacial score (nSPS) is 12.7. The molecule has 5 heteroatoms. The molecule has 0 saturated carbocycles. The minimum atomic E-state index is -0.943. The molecule has 0 aromatic heterocycles. The zero-order valence-electron chi connectivity index (χ0n) is 12.7. The van der Waals surface area contributed by atoms with E-state index in [1.54, 1.807) is 12.1 Å².